The molecule has 2 N–H and O–H groups in total. The van der Waals surface area contributed by atoms with E-state index in [0.29, 0.717) is 13.1 Å². The maximum absolute atomic E-state index is 6.01. The fourth-order valence-corrected chi connectivity index (χ4v) is 3.85. The maximum Gasteiger partial charge on any atom is 0.191 e. The van der Waals surface area contributed by atoms with E-state index in [0.717, 1.165) is 50.1 Å². The number of ether oxygens (including phenoxy) is 1. The number of halogens is 1. The first-order valence-corrected chi connectivity index (χ1v) is 10.3. The van der Waals surface area contributed by atoms with Crippen molar-refractivity contribution in [2.75, 3.05) is 51.7 Å². The number of benzene rings is 1. The molecule has 30 heavy (non-hydrogen) atoms. The molecule has 1 saturated heterocycles. The summed E-state index contributed by atoms with van der Waals surface area (Å²) in [6.07, 6.45) is 2.93. The molecule has 2 aliphatic heterocycles. The lowest BCUT2D eigenvalue weighted by Crippen LogP contribution is -2.45. The van der Waals surface area contributed by atoms with E-state index in [2.05, 4.69) is 55.7 Å². The molecule has 8 heteroatoms. The van der Waals surface area contributed by atoms with Gasteiger partial charge in [-0.2, -0.15) is 0 Å². The van der Waals surface area contributed by atoms with Gasteiger partial charge in [-0.05, 0) is 24.7 Å². The molecule has 7 nitrogen and oxygen atoms in total. The summed E-state index contributed by atoms with van der Waals surface area (Å²) < 4.78 is 6.01. The predicted molar refractivity (Wildman–Crippen MR) is 132 cm³/mol. The van der Waals surface area contributed by atoms with E-state index in [1.807, 2.05) is 24.4 Å². The zero-order valence-corrected chi connectivity index (χ0v) is 20.0. The highest BCUT2D eigenvalue weighted by atomic mass is 127. The first kappa shape index (κ1) is 22.6. The van der Waals surface area contributed by atoms with Crippen molar-refractivity contribution in [2.45, 2.75) is 19.1 Å². The molecule has 0 spiro atoms. The zero-order valence-electron chi connectivity index (χ0n) is 17.7. The average molecular weight is 522 g/mol. The lowest BCUT2D eigenvalue weighted by molar-refractivity contribution is 0.235. The van der Waals surface area contributed by atoms with E-state index in [4.69, 9.17) is 4.74 Å². The van der Waals surface area contributed by atoms with E-state index < -0.39 is 0 Å². The van der Waals surface area contributed by atoms with Crippen LogP contribution in [0.25, 0.3) is 0 Å². The van der Waals surface area contributed by atoms with Gasteiger partial charge in [-0.1, -0.05) is 24.3 Å². The summed E-state index contributed by atoms with van der Waals surface area (Å²) in [4.78, 5) is 13.7. The van der Waals surface area contributed by atoms with Crippen LogP contribution < -0.4 is 20.3 Å². The summed E-state index contributed by atoms with van der Waals surface area (Å²) in [6, 6.07) is 12.4. The van der Waals surface area contributed by atoms with E-state index >= 15 is 0 Å². The summed E-state index contributed by atoms with van der Waals surface area (Å²) in [5.41, 5.74) is 2.46. The molecule has 162 valence electrons. The number of guanidine groups is 1. The first-order chi connectivity index (χ1) is 14.2. The van der Waals surface area contributed by atoms with Crippen molar-refractivity contribution in [3.63, 3.8) is 0 Å². The molecule has 2 aromatic rings. The third-order valence-corrected chi connectivity index (χ3v) is 5.55. The van der Waals surface area contributed by atoms with Crippen molar-refractivity contribution in [3.05, 3.63) is 53.7 Å². The Bertz CT molecular complexity index is 828. The molecule has 0 aliphatic carbocycles. The number of para-hydroxylation sites is 1. The largest absolute Gasteiger partial charge is 0.488 e. The molecule has 1 aromatic carbocycles. The molecule has 0 radical (unpaired) electrons. The van der Waals surface area contributed by atoms with Crippen LogP contribution in [0.1, 0.15) is 11.1 Å². The van der Waals surface area contributed by atoms with Crippen LogP contribution in [0.15, 0.2) is 47.6 Å². The number of anilines is 1. The average Bonchev–Trinajstić information content (AvgIpc) is 3.18. The third kappa shape index (κ3) is 5.54. The van der Waals surface area contributed by atoms with Crippen LogP contribution in [-0.2, 0) is 13.0 Å². The monoisotopic (exact) mass is 522 g/mol. The molecule has 1 fully saturated rings. The van der Waals surface area contributed by atoms with Crippen molar-refractivity contribution in [2.24, 2.45) is 4.99 Å². The number of fused-ring (bicyclic) bond motifs is 1. The second-order valence-corrected chi connectivity index (χ2v) is 7.63. The smallest absolute Gasteiger partial charge is 0.191 e. The summed E-state index contributed by atoms with van der Waals surface area (Å²) >= 11 is 0. The number of likely N-dealkylation sites (N-methyl/N-ethyl adjacent to an activating group) is 1. The van der Waals surface area contributed by atoms with Gasteiger partial charge in [0.1, 0.15) is 17.7 Å². The SMILES string of the molecule is CN=C(NCc1cccnc1N1CCN(C)CC1)NCC1Cc2ccccc2O1.I. The molecule has 1 aromatic heterocycles. The van der Waals surface area contributed by atoms with Crippen molar-refractivity contribution in [1.29, 1.82) is 0 Å². The van der Waals surface area contributed by atoms with Crippen LogP contribution >= 0.6 is 24.0 Å². The lowest BCUT2D eigenvalue weighted by Gasteiger charge is -2.34. The Hall–Kier alpha value is -2.07. The molecule has 1 unspecified atom stereocenters. The summed E-state index contributed by atoms with van der Waals surface area (Å²) in [5.74, 6) is 2.84. The number of nitrogens with zero attached hydrogens (tertiary/aromatic N) is 4. The predicted octanol–water partition coefficient (Wildman–Crippen LogP) is 2.12. The van der Waals surface area contributed by atoms with Gasteiger partial charge >= 0.3 is 0 Å². The highest BCUT2D eigenvalue weighted by molar-refractivity contribution is 14.0. The van der Waals surface area contributed by atoms with Gasteiger partial charge in [0, 0.05) is 58.0 Å². The minimum Gasteiger partial charge on any atom is -0.488 e. The van der Waals surface area contributed by atoms with Gasteiger partial charge in [-0.15, -0.1) is 24.0 Å². The van der Waals surface area contributed by atoms with Gasteiger partial charge in [0.25, 0.3) is 0 Å². The fourth-order valence-electron chi connectivity index (χ4n) is 3.85. The molecular weight excluding hydrogens is 491 g/mol. The number of pyridine rings is 1. The van der Waals surface area contributed by atoms with Crippen molar-refractivity contribution in [3.8, 4) is 5.75 Å². The number of piperazine rings is 1. The number of hydrogen-bond donors (Lipinski definition) is 2. The van der Waals surface area contributed by atoms with Crippen molar-refractivity contribution >= 4 is 35.8 Å². The highest BCUT2D eigenvalue weighted by Crippen LogP contribution is 2.27. The Kier molecular flexibility index (Phi) is 8.15. The Morgan fingerprint density at radius 2 is 1.93 bits per heavy atom. The van der Waals surface area contributed by atoms with Gasteiger partial charge < -0.3 is 25.2 Å². The standard InChI is InChI=1S/C22H30N6O.HI/c1-23-22(26-16-19-14-17-6-3-4-8-20(17)29-19)25-15-18-7-5-9-24-21(18)28-12-10-27(2)11-13-28;/h3-9,19H,10-16H2,1-2H3,(H2,23,25,26);1H. The molecule has 0 saturated carbocycles. The zero-order chi connectivity index (χ0) is 20.1. The Morgan fingerprint density at radius 1 is 1.13 bits per heavy atom. The van der Waals surface area contributed by atoms with Crippen LogP contribution in [0.4, 0.5) is 5.82 Å². The molecule has 0 amide bonds. The van der Waals surface area contributed by atoms with E-state index in [-0.39, 0.29) is 30.1 Å². The van der Waals surface area contributed by atoms with Crippen LogP contribution in [0.2, 0.25) is 0 Å². The fraction of sp³-hybridized carbons (Fsp3) is 0.455. The van der Waals surface area contributed by atoms with Crippen molar-refractivity contribution < 1.29 is 4.74 Å². The van der Waals surface area contributed by atoms with E-state index in [1.165, 1.54) is 11.1 Å². The Morgan fingerprint density at radius 3 is 2.70 bits per heavy atom. The second kappa shape index (κ2) is 10.8. The van der Waals surface area contributed by atoms with Gasteiger partial charge in [-0.3, -0.25) is 4.99 Å². The molecule has 3 heterocycles. The molecular formula is C22H31IN6O. The Balaban J connectivity index is 0.00000256. The molecule has 1 atom stereocenters. The normalized spacial score (nSPS) is 18.9. The van der Waals surface area contributed by atoms with Gasteiger partial charge in [0.05, 0.1) is 6.54 Å². The van der Waals surface area contributed by atoms with E-state index in [1.54, 1.807) is 7.05 Å². The van der Waals surface area contributed by atoms with Crippen LogP contribution in [0.3, 0.4) is 0 Å². The molecule has 2 aliphatic rings. The van der Waals surface area contributed by atoms with Gasteiger partial charge in [0.2, 0.25) is 0 Å². The Labute approximate surface area is 195 Å². The number of nitrogens with one attached hydrogen (secondary N) is 2. The van der Waals surface area contributed by atoms with Crippen LogP contribution in [0.5, 0.6) is 5.75 Å². The van der Waals surface area contributed by atoms with Crippen LogP contribution in [0, 0.1) is 0 Å². The minimum absolute atomic E-state index is 0. The second-order valence-electron chi connectivity index (χ2n) is 7.63. The molecule has 0 bridgehead atoms. The highest BCUT2D eigenvalue weighted by Gasteiger charge is 2.22. The summed E-state index contributed by atoms with van der Waals surface area (Å²) in [7, 11) is 3.96. The minimum atomic E-state index is 0. The van der Waals surface area contributed by atoms with E-state index in [9.17, 15) is 0 Å². The number of aromatic nitrogens is 1. The van der Waals surface area contributed by atoms with Crippen LogP contribution in [-0.4, -0.2) is 68.8 Å². The number of hydrogen-bond acceptors (Lipinski definition) is 5. The summed E-state index contributed by atoms with van der Waals surface area (Å²) in [6.45, 7) is 5.54. The van der Waals surface area contributed by atoms with Crippen molar-refractivity contribution in [1.82, 2.24) is 20.5 Å². The first-order valence-electron chi connectivity index (χ1n) is 10.3. The lowest BCUT2D eigenvalue weighted by atomic mass is 10.1. The summed E-state index contributed by atoms with van der Waals surface area (Å²) in [5, 5.41) is 6.82. The number of aliphatic imine (C=N–C) groups is 1. The third-order valence-electron chi connectivity index (χ3n) is 5.55. The maximum atomic E-state index is 6.01. The van der Waals surface area contributed by atoms with Gasteiger partial charge in [0.15, 0.2) is 5.96 Å². The van der Waals surface area contributed by atoms with Gasteiger partial charge in [-0.25, -0.2) is 4.98 Å². The number of rotatable bonds is 5. The molecule has 4 rings (SSSR count). The quantitative estimate of drug-likeness (QED) is 0.357. The topological polar surface area (TPSA) is 65.0 Å².